The fraction of sp³-hybridized carbons (Fsp3) is 0.710. The Morgan fingerprint density at radius 3 is 2.67 bits per heavy atom. The molecule has 1 aromatic carbocycles. The average molecular weight is 483 g/mol. The number of hydrogen-bond donors (Lipinski definition) is 1. The second-order valence-electron chi connectivity index (χ2n) is 12.4. The molecule has 0 aliphatic heterocycles. The maximum Gasteiger partial charge on any atom is 1.00 e. The Bertz CT molecular complexity index is 943. The molecule has 5 heteroatoms. The zero-order valence-corrected chi connectivity index (χ0v) is 22.9. The summed E-state index contributed by atoms with van der Waals surface area (Å²) < 4.78 is 5.50. The summed E-state index contributed by atoms with van der Waals surface area (Å²) in [6.45, 7) is 5.73. The molecule has 1 N–H and O–H groups in total. The zero-order valence-electron chi connectivity index (χ0n) is 22.9. The van der Waals surface area contributed by atoms with Crippen LogP contribution in [0.1, 0.15) is 94.0 Å². The molecule has 1 aromatic rings. The molecule has 5 rings (SSSR count). The van der Waals surface area contributed by atoms with Crippen LogP contribution in [0.15, 0.2) is 24.3 Å². The number of methoxy groups -OCH3 is 1. The van der Waals surface area contributed by atoms with Crippen molar-refractivity contribution in [3.8, 4) is 6.07 Å². The van der Waals surface area contributed by atoms with Gasteiger partial charge in [-0.25, -0.2) is 0 Å². The average Bonchev–Trinajstić information content (AvgIpc) is 2.87. The first kappa shape index (κ1) is 27.8. The zero-order chi connectivity index (χ0) is 24.6. The van der Waals surface area contributed by atoms with E-state index < -0.39 is 0 Å². The standard InChI is InChI=1S/C31H43N2O2.Li/c1-20(33-30(34)23-10-7-21(18-32)8-11-23)28-5-4-6-29-27-14-12-24-17-22(19-35-3)9-13-25(24)26(27)15-16-31(28,29)2;/h7-8,10-11,20,22,25-29H,4-6,9,12-17,19H2,1-3H3,(H,33,34);/q-1;+1/t20-,22+,25+,26?,27-,28-,29?,31-;/m1./s1. The SMILES string of the molecule is COC[C@H]1CC[C@H]2[C-](CC[C@@H]3C2CC[C@@]2(C)C3CCC[C@@H]2[C@@H](C)NC(=O)c2ccc(C#N)cc2)C1.[Li+]. The third-order valence-corrected chi connectivity index (χ3v) is 10.7. The van der Waals surface area contributed by atoms with Gasteiger partial charge in [0.2, 0.25) is 0 Å². The summed E-state index contributed by atoms with van der Waals surface area (Å²) in [6.07, 6.45) is 13.3. The number of benzene rings is 1. The molecule has 190 valence electrons. The quantitative estimate of drug-likeness (QED) is 0.516. The summed E-state index contributed by atoms with van der Waals surface area (Å²) in [5.74, 6) is 6.56. The topological polar surface area (TPSA) is 62.1 Å². The van der Waals surface area contributed by atoms with Crippen LogP contribution < -0.4 is 24.2 Å². The fourth-order valence-corrected chi connectivity index (χ4v) is 9.16. The van der Waals surface area contributed by atoms with E-state index in [2.05, 4.69) is 25.2 Å². The van der Waals surface area contributed by atoms with Gasteiger partial charge in [0.05, 0.1) is 11.6 Å². The van der Waals surface area contributed by atoms with Crippen molar-refractivity contribution >= 4 is 5.91 Å². The molecule has 2 unspecified atom stereocenters. The summed E-state index contributed by atoms with van der Waals surface area (Å²) in [4.78, 5) is 13.0. The molecular formula is C31H43LiN2O2. The first-order chi connectivity index (χ1) is 16.9. The van der Waals surface area contributed by atoms with Gasteiger partial charge < -0.3 is 16.0 Å². The maximum atomic E-state index is 13.0. The Labute approximate surface area is 230 Å². The van der Waals surface area contributed by atoms with Crippen molar-refractivity contribution in [3.05, 3.63) is 41.3 Å². The van der Waals surface area contributed by atoms with E-state index in [1.54, 1.807) is 24.3 Å². The van der Waals surface area contributed by atoms with Gasteiger partial charge in [0.1, 0.15) is 0 Å². The number of nitriles is 1. The van der Waals surface area contributed by atoms with Crippen LogP contribution >= 0.6 is 0 Å². The van der Waals surface area contributed by atoms with Crippen molar-refractivity contribution in [2.75, 3.05) is 13.7 Å². The van der Waals surface area contributed by atoms with E-state index in [0.29, 0.717) is 22.5 Å². The number of nitrogens with zero attached hydrogens (tertiary/aromatic N) is 1. The molecule has 36 heavy (non-hydrogen) atoms. The molecule has 4 aliphatic carbocycles. The minimum absolute atomic E-state index is 0. The minimum atomic E-state index is -0.00822. The summed E-state index contributed by atoms with van der Waals surface area (Å²) in [7, 11) is 1.85. The van der Waals surface area contributed by atoms with E-state index in [9.17, 15) is 4.79 Å². The Balaban J connectivity index is 0.00000304. The third kappa shape index (κ3) is 5.19. The van der Waals surface area contributed by atoms with Gasteiger partial charge in [-0.3, -0.25) is 4.79 Å². The second-order valence-corrected chi connectivity index (χ2v) is 12.4. The summed E-state index contributed by atoms with van der Waals surface area (Å²) in [5, 5.41) is 12.4. The molecule has 4 saturated carbocycles. The van der Waals surface area contributed by atoms with E-state index in [1.807, 2.05) is 13.0 Å². The van der Waals surface area contributed by atoms with Crippen LogP contribution in [0.3, 0.4) is 0 Å². The number of hydrogen-bond acceptors (Lipinski definition) is 3. The minimum Gasteiger partial charge on any atom is -0.385 e. The molecule has 4 aliphatic rings. The molecule has 1 amide bonds. The normalized spacial score (nSPS) is 36.7. The van der Waals surface area contributed by atoms with Crippen molar-refractivity contribution in [1.82, 2.24) is 5.32 Å². The number of carbonyl (C=O) groups excluding carboxylic acids is 1. The van der Waals surface area contributed by atoms with Gasteiger partial charge in [-0.15, -0.1) is 0 Å². The van der Waals surface area contributed by atoms with Gasteiger partial charge in [0.15, 0.2) is 0 Å². The van der Waals surface area contributed by atoms with Gasteiger partial charge in [-0.2, -0.15) is 24.0 Å². The van der Waals surface area contributed by atoms with Gasteiger partial charge in [0.25, 0.3) is 5.91 Å². The number of amides is 1. The number of carbonyl (C=O) groups is 1. The molecule has 0 bridgehead atoms. The van der Waals surface area contributed by atoms with Crippen LogP contribution in [0.4, 0.5) is 0 Å². The van der Waals surface area contributed by atoms with E-state index in [0.717, 1.165) is 36.2 Å². The van der Waals surface area contributed by atoms with Crippen LogP contribution in [0.25, 0.3) is 0 Å². The molecule has 4 fully saturated rings. The van der Waals surface area contributed by atoms with E-state index in [-0.39, 0.29) is 30.8 Å². The van der Waals surface area contributed by atoms with E-state index in [4.69, 9.17) is 10.00 Å². The number of ether oxygens (including phenoxy) is 1. The number of fused-ring (bicyclic) bond motifs is 5. The monoisotopic (exact) mass is 482 g/mol. The van der Waals surface area contributed by atoms with Crippen LogP contribution in [0, 0.1) is 58.2 Å². The summed E-state index contributed by atoms with van der Waals surface area (Å²) in [5.41, 5.74) is 1.56. The largest absolute Gasteiger partial charge is 1.00 e. The molecular weight excluding hydrogens is 439 g/mol. The second kappa shape index (κ2) is 11.6. The Hall–Kier alpha value is -1.26. The van der Waals surface area contributed by atoms with Crippen LogP contribution in [0.2, 0.25) is 0 Å². The number of nitrogens with one attached hydrogen (secondary N) is 1. The van der Waals surface area contributed by atoms with Gasteiger partial charge in [-0.1, -0.05) is 44.9 Å². The van der Waals surface area contributed by atoms with Crippen molar-refractivity contribution in [3.63, 3.8) is 0 Å². The van der Waals surface area contributed by atoms with Crippen molar-refractivity contribution in [2.45, 2.75) is 84.1 Å². The molecule has 8 atom stereocenters. The molecule has 4 nitrogen and oxygen atoms in total. The third-order valence-electron chi connectivity index (χ3n) is 10.7. The Kier molecular flexibility index (Phi) is 8.98. The maximum absolute atomic E-state index is 13.0. The summed E-state index contributed by atoms with van der Waals surface area (Å²) in [6, 6.07) is 9.30. The van der Waals surface area contributed by atoms with Crippen LogP contribution in [-0.2, 0) is 4.74 Å². The van der Waals surface area contributed by atoms with Crippen molar-refractivity contribution in [2.24, 2.45) is 40.9 Å². The molecule has 0 aromatic heterocycles. The van der Waals surface area contributed by atoms with Crippen molar-refractivity contribution < 1.29 is 28.4 Å². The van der Waals surface area contributed by atoms with Crippen LogP contribution in [0.5, 0.6) is 0 Å². The Morgan fingerprint density at radius 1 is 1.17 bits per heavy atom. The molecule has 0 radical (unpaired) electrons. The molecule has 0 spiro atoms. The summed E-state index contributed by atoms with van der Waals surface area (Å²) >= 11 is 0. The predicted octanol–water partition coefficient (Wildman–Crippen LogP) is 3.56. The van der Waals surface area contributed by atoms with Gasteiger partial charge in [0, 0.05) is 25.3 Å². The fourth-order valence-electron chi connectivity index (χ4n) is 9.16. The van der Waals surface area contributed by atoms with Gasteiger partial charge in [-0.05, 0) is 79.5 Å². The van der Waals surface area contributed by atoms with Crippen molar-refractivity contribution in [1.29, 1.82) is 5.26 Å². The van der Waals surface area contributed by atoms with E-state index >= 15 is 0 Å². The number of rotatable bonds is 5. The molecule has 0 saturated heterocycles. The van der Waals surface area contributed by atoms with Crippen LogP contribution in [-0.4, -0.2) is 25.7 Å². The molecule has 0 heterocycles. The smallest absolute Gasteiger partial charge is 0.385 e. The predicted molar refractivity (Wildman–Crippen MR) is 138 cm³/mol. The first-order valence-electron chi connectivity index (χ1n) is 14.1. The van der Waals surface area contributed by atoms with Gasteiger partial charge >= 0.3 is 18.9 Å². The van der Waals surface area contributed by atoms with E-state index in [1.165, 1.54) is 64.2 Å². The Morgan fingerprint density at radius 2 is 1.94 bits per heavy atom. The first-order valence-corrected chi connectivity index (χ1v) is 14.1.